The van der Waals surface area contributed by atoms with Crippen LogP contribution in [0.2, 0.25) is 0 Å². The van der Waals surface area contributed by atoms with Crippen molar-refractivity contribution in [1.82, 2.24) is 10.2 Å². The van der Waals surface area contributed by atoms with Gasteiger partial charge in [0.2, 0.25) is 5.91 Å². The van der Waals surface area contributed by atoms with Gasteiger partial charge < -0.3 is 15.2 Å². The fourth-order valence-corrected chi connectivity index (χ4v) is 2.26. The van der Waals surface area contributed by atoms with Gasteiger partial charge in [0.05, 0.1) is 19.8 Å². The van der Waals surface area contributed by atoms with Crippen LogP contribution in [-0.4, -0.2) is 48.8 Å². The molecule has 0 bridgehead atoms. The number of ether oxygens (including phenoxy) is 1. The van der Waals surface area contributed by atoms with Crippen molar-refractivity contribution in [3.05, 3.63) is 29.8 Å². The number of hydrogen-bond acceptors (Lipinski definition) is 4. The number of carbonyl (C=O) groups is 1. The predicted octanol–water partition coefficient (Wildman–Crippen LogP) is 0.378. The number of para-hydroxylation sites is 1. The SMILES string of the molecule is COc1ccccc1CNC(=O)CN1CCC(O)C1. The van der Waals surface area contributed by atoms with Crippen molar-refractivity contribution < 1.29 is 14.6 Å². The highest BCUT2D eigenvalue weighted by atomic mass is 16.5. The Morgan fingerprint density at radius 2 is 2.32 bits per heavy atom. The van der Waals surface area contributed by atoms with Gasteiger partial charge in [-0.25, -0.2) is 0 Å². The Labute approximate surface area is 113 Å². The van der Waals surface area contributed by atoms with Crippen LogP contribution in [0.5, 0.6) is 5.75 Å². The standard InChI is InChI=1S/C14H20N2O3/c1-19-13-5-3-2-4-11(13)8-15-14(18)10-16-7-6-12(17)9-16/h2-5,12,17H,6-10H2,1H3,(H,15,18). The maximum atomic E-state index is 11.8. The van der Waals surface area contributed by atoms with Crippen molar-refractivity contribution in [1.29, 1.82) is 0 Å². The monoisotopic (exact) mass is 264 g/mol. The summed E-state index contributed by atoms with van der Waals surface area (Å²) >= 11 is 0. The minimum absolute atomic E-state index is 0.0278. The number of aliphatic hydroxyl groups is 1. The molecule has 1 unspecified atom stereocenters. The first-order valence-corrected chi connectivity index (χ1v) is 6.48. The number of nitrogens with one attached hydrogen (secondary N) is 1. The summed E-state index contributed by atoms with van der Waals surface area (Å²) in [5.41, 5.74) is 0.958. The summed E-state index contributed by atoms with van der Waals surface area (Å²) < 4.78 is 5.23. The van der Waals surface area contributed by atoms with E-state index < -0.39 is 0 Å². The molecule has 1 fully saturated rings. The fourth-order valence-electron chi connectivity index (χ4n) is 2.26. The predicted molar refractivity (Wildman–Crippen MR) is 71.9 cm³/mol. The Bertz CT molecular complexity index is 436. The Morgan fingerprint density at radius 1 is 1.53 bits per heavy atom. The number of benzene rings is 1. The molecule has 2 rings (SSSR count). The molecule has 0 saturated carbocycles. The highest BCUT2D eigenvalue weighted by Gasteiger charge is 2.21. The van der Waals surface area contributed by atoms with Gasteiger partial charge in [0, 0.05) is 25.2 Å². The fraction of sp³-hybridized carbons (Fsp3) is 0.500. The maximum Gasteiger partial charge on any atom is 0.234 e. The third-order valence-electron chi connectivity index (χ3n) is 3.28. The zero-order valence-corrected chi connectivity index (χ0v) is 11.1. The van der Waals surface area contributed by atoms with Crippen molar-refractivity contribution in [3.63, 3.8) is 0 Å². The minimum atomic E-state index is -0.290. The number of hydrogen-bond donors (Lipinski definition) is 2. The molecule has 1 amide bonds. The van der Waals surface area contributed by atoms with Crippen LogP contribution >= 0.6 is 0 Å². The number of amides is 1. The molecule has 1 aliphatic rings. The van der Waals surface area contributed by atoms with Crippen molar-refractivity contribution in [2.45, 2.75) is 19.1 Å². The van der Waals surface area contributed by atoms with E-state index in [1.54, 1.807) is 7.11 Å². The average molecular weight is 264 g/mol. The lowest BCUT2D eigenvalue weighted by Gasteiger charge is -2.15. The van der Waals surface area contributed by atoms with Crippen LogP contribution in [0.3, 0.4) is 0 Å². The molecule has 0 spiro atoms. The largest absolute Gasteiger partial charge is 0.496 e. The van der Waals surface area contributed by atoms with Crippen molar-refractivity contribution >= 4 is 5.91 Å². The molecule has 0 aliphatic carbocycles. The van der Waals surface area contributed by atoms with Crippen molar-refractivity contribution in [3.8, 4) is 5.75 Å². The minimum Gasteiger partial charge on any atom is -0.496 e. The summed E-state index contributed by atoms with van der Waals surface area (Å²) in [5.74, 6) is 0.749. The van der Waals surface area contributed by atoms with E-state index in [-0.39, 0.29) is 12.0 Å². The molecule has 104 valence electrons. The molecule has 1 atom stereocenters. The number of aliphatic hydroxyl groups excluding tert-OH is 1. The molecule has 1 saturated heterocycles. The van der Waals surface area contributed by atoms with E-state index in [0.29, 0.717) is 19.6 Å². The van der Waals surface area contributed by atoms with Crippen molar-refractivity contribution in [2.75, 3.05) is 26.7 Å². The first-order valence-electron chi connectivity index (χ1n) is 6.48. The third kappa shape index (κ3) is 3.94. The Kier molecular flexibility index (Phi) is 4.76. The lowest BCUT2D eigenvalue weighted by atomic mass is 10.2. The van der Waals surface area contributed by atoms with Gasteiger partial charge in [-0.2, -0.15) is 0 Å². The Balaban J connectivity index is 1.80. The summed E-state index contributed by atoms with van der Waals surface area (Å²) in [4.78, 5) is 13.8. The molecular formula is C14H20N2O3. The third-order valence-corrected chi connectivity index (χ3v) is 3.28. The van der Waals surface area contributed by atoms with E-state index in [0.717, 1.165) is 24.3 Å². The Hall–Kier alpha value is -1.59. The van der Waals surface area contributed by atoms with E-state index in [2.05, 4.69) is 5.32 Å². The van der Waals surface area contributed by atoms with Gasteiger partial charge >= 0.3 is 0 Å². The van der Waals surface area contributed by atoms with Crippen LogP contribution in [0, 0.1) is 0 Å². The van der Waals surface area contributed by atoms with Crippen LogP contribution in [0.4, 0.5) is 0 Å². The molecule has 5 heteroatoms. The average Bonchev–Trinajstić information content (AvgIpc) is 2.82. The van der Waals surface area contributed by atoms with Gasteiger partial charge in [0.1, 0.15) is 5.75 Å². The molecule has 0 radical (unpaired) electrons. The lowest BCUT2D eigenvalue weighted by Crippen LogP contribution is -2.36. The zero-order chi connectivity index (χ0) is 13.7. The molecule has 1 aromatic rings. The summed E-state index contributed by atoms with van der Waals surface area (Å²) in [5, 5.41) is 12.3. The second-order valence-electron chi connectivity index (χ2n) is 4.77. The molecular weight excluding hydrogens is 244 g/mol. The number of carbonyl (C=O) groups excluding carboxylic acids is 1. The quantitative estimate of drug-likeness (QED) is 0.807. The van der Waals surface area contributed by atoms with Gasteiger partial charge in [-0.3, -0.25) is 9.69 Å². The van der Waals surface area contributed by atoms with E-state index in [1.807, 2.05) is 29.2 Å². The molecule has 2 N–H and O–H groups in total. The number of β-amino-alcohol motifs (C(OH)–C–C–N with tert-alkyl or cyclic N) is 1. The van der Waals surface area contributed by atoms with E-state index in [9.17, 15) is 9.90 Å². The molecule has 1 heterocycles. The Morgan fingerprint density at radius 3 is 3.00 bits per heavy atom. The summed E-state index contributed by atoms with van der Waals surface area (Å²) in [6.45, 7) is 2.16. The maximum absolute atomic E-state index is 11.8. The number of nitrogens with zero attached hydrogens (tertiary/aromatic N) is 1. The van der Waals surface area contributed by atoms with E-state index in [4.69, 9.17) is 4.74 Å². The molecule has 1 aliphatic heterocycles. The summed E-state index contributed by atoms with van der Waals surface area (Å²) in [6.07, 6.45) is 0.460. The molecule has 19 heavy (non-hydrogen) atoms. The normalized spacial score (nSPS) is 19.4. The molecule has 0 aromatic heterocycles. The molecule has 5 nitrogen and oxygen atoms in total. The van der Waals surface area contributed by atoms with Gasteiger partial charge in [-0.05, 0) is 12.5 Å². The number of methoxy groups -OCH3 is 1. The van der Waals surface area contributed by atoms with Crippen LogP contribution in [-0.2, 0) is 11.3 Å². The first-order chi connectivity index (χ1) is 9.19. The van der Waals surface area contributed by atoms with E-state index >= 15 is 0 Å². The zero-order valence-electron chi connectivity index (χ0n) is 11.1. The smallest absolute Gasteiger partial charge is 0.234 e. The van der Waals surface area contributed by atoms with Crippen LogP contribution < -0.4 is 10.1 Å². The van der Waals surface area contributed by atoms with Gasteiger partial charge in [0.15, 0.2) is 0 Å². The van der Waals surface area contributed by atoms with Crippen LogP contribution in [0.15, 0.2) is 24.3 Å². The second kappa shape index (κ2) is 6.54. The van der Waals surface area contributed by atoms with Crippen LogP contribution in [0.25, 0.3) is 0 Å². The van der Waals surface area contributed by atoms with Gasteiger partial charge in [-0.1, -0.05) is 18.2 Å². The second-order valence-corrected chi connectivity index (χ2v) is 4.77. The number of rotatable bonds is 5. The highest BCUT2D eigenvalue weighted by Crippen LogP contribution is 2.16. The van der Waals surface area contributed by atoms with Crippen molar-refractivity contribution in [2.24, 2.45) is 0 Å². The first kappa shape index (κ1) is 13.8. The van der Waals surface area contributed by atoms with Crippen LogP contribution in [0.1, 0.15) is 12.0 Å². The van der Waals surface area contributed by atoms with Gasteiger partial charge in [-0.15, -0.1) is 0 Å². The number of likely N-dealkylation sites (tertiary alicyclic amines) is 1. The van der Waals surface area contributed by atoms with Gasteiger partial charge in [0.25, 0.3) is 0 Å². The van der Waals surface area contributed by atoms with E-state index in [1.165, 1.54) is 0 Å². The lowest BCUT2D eigenvalue weighted by molar-refractivity contribution is -0.122. The summed E-state index contributed by atoms with van der Waals surface area (Å²) in [7, 11) is 1.62. The molecule has 1 aromatic carbocycles. The summed E-state index contributed by atoms with van der Waals surface area (Å²) in [6, 6.07) is 7.62. The highest BCUT2D eigenvalue weighted by molar-refractivity contribution is 5.78. The topological polar surface area (TPSA) is 61.8 Å².